The van der Waals surface area contributed by atoms with E-state index in [-0.39, 0.29) is 0 Å². The van der Waals surface area contributed by atoms with E-state index in [9.17, 15) is 0 Å². The number of halogens is 1. The van der Waals surface area contributed by atoms with Gasteiger partial charge in [-0.3, -0.25) is 0 Å². The first-order valence-electron chi connectivity index (χ1n) is 9.88. The van der Waals surface area contributed by atoms with Crippen LogP contribution in [0.15, 0.2) is 67.1 Å². The van der Waals surface area contributed by atoms with Gasteiger partial charge in [0.2, 0.25) is 0 Å². The summed E-state index contributed by atoms with van der Waals surface area (Å²) >= 11 is 6.48. The number of aryl methyl sites for hydroxylation is 1. The van der Waals surface area contributed by atoms with Crippen LogP contribution in [0.1, 0.15) is 18.3 Å². The molecule has 2 aromatic heterocycles. The molecule has 0 atom stereocenters. The van der Waals surface area contributed by atoms with Crippen molar-refractivity contribution in [2.24, 2.45) is 0 Å². The van der Waals surface area contributed by atoms with Crippen LogP contribution in [0.25, 0.3) is 16.9 Å². The molecule has 0 saturated carbocycles. The van der Waals surface area contributed by atoms with Crippen LogP contribution in [0, 0.1) is 0 Å². The predicted octanol–water partition coefficient (Wildman–Crippen LogP) is 4.71. The molecule has 0 fully saturated rings. The fourth-order valence-electron chi connectivity index (χ4n) is 3.39. The highest BCUT2D eigenvalue weighted by atomic mass is 35.5. The van der Waals surface area contributed by atoms with Gasteiger partial charge in [0.1, 0.15) is 11.6 Å². The van der Waals surface area contributed by atoms with Crippen molar-refractivity contribution >= 4 is 11.6 Å². The Balaban J connectivity index is 1.63. The molecule has 0 saturated heterocycles. The van der Waals surface area contributed by atoms with Crippen LogP contribution in [0.2, 0.25) is 5.02 Å². The molecule has 0 aliphatic heterocycles. The van der Waals surface area contributed by atoms with E-state index >= 15 is 0 Å². The Morgan fingerprint density at radius 1 is 1.07 bits per heavy atom. The van der Waals surface area contributed by atoms with Crippen LogP contribution >= 0.6 is 11.6 Å². The van der Waals surface area contributed by atoms with Crippen molar-refractivity contribution in [2.75, 3.05) is 7.11 Å². The molecule has 2 aromatic carbocycles. The van der Waals surface area contributed by atoms with Gasteiger partial charge in [-0.2, -0.15) is 5.10 Å². The summed E-state index contributed by atoms with van der Waals surface area (Å²) in [7, 11) is 1.66. The molecule has 7 heteroatoms. The van der Waals surface area contributed by atoms with Gasteiger partial charge in [-0.05, 0) is 37.3 Å². The second kappa shape index (κ2) is 9.15. The highest BCUT2D eigenvalue weighted by molar-refractivity contribution is 6.33. The number of ether oxygens (including phenoxy) is 1. The molecule has 4 rings (SSSR count). The minimum absolute atomic E-state index is 0.646. The number of benzene rings is 2. The van der Waals surface area contributed by atoms with E-state index in [4.69, 9.17) is 21.4 Å². The minimum Gasteiger partial charge on any atom is -0.497 e. The molecule has 0 aliphatic carbocycles. The number of hydrogen-bond acceptors (Lipinski definition) is 4. The normalized spacial score (nSPS) is 11.0. The summed E-state index contributed by atoms with van der Waals surface area (Å²) in [5, 5.41) is 9.02. The number of rotatable bonds is 8. The molecule has 0 bridgehead atoms. The Morgan fingerprint density at radius 3 is 2.60 bits per heavy atom. The maximum Gasteiger partial charge on any atom is 0.122 e. The molecule has 0 spiro atoms. The van der Waals surface area contributed by atoms with Crippen molar-refractivity contribution < 1.29 is 4.74 Å². The third-order valence-corrected chi connectivity index (χ3v) is 5.33. The molecule has 154 valence electrons. The topological polar surface area (TPSA) is 56.9 Å². The number of imidazole rings is 1. The lowest BCUT2D eigenvalue weighted by atomic mass is 10.1. The summed E-state index contributed by atoms with van der Waals surface area (Å²) in [5.74, 6) is 1.82. The molecule has 30 heavy (non-hydrogen) atoms. The lowest BCUT2D eigenvalue weighted by Gasteiger charge is -2.07. The third-order valence-electron chi connectivity index (χ3n) is 5.00. The van der Waals surface area contributed by atoms with Crippen LogP contribution in [0.4, 0.5) is 0 Å². The predicted molar refractivity (Wildman–Crippen MR) is 119 cm³/mol. The van der Waals surface area contributed by atoms with E-state index in [1.807, 2.05) is 71.8 Å². The van der Waals surface area contributed by atoms with E-state index < -0.39 is 0 Å². The molecule has 0 unspecified atom stereocenters. The van der Waals surface area contributed by atoms with Crippen molar-refractivity contribution in [3.63, 3.8) is 0 Å². The molecule has 6 nitrogen and oxygen atoms in total. The molecular weight excluding hydrogens is 398 g/mol. The zero-order valence-electron chi connectivity index (χ0n) is 17.0. The van der Waals surface area contributed by atoms with Gasteiger partial charge in [-0.15, -0.1) is 0 Å². The van der Waals surface area contributed by atoms with Crippen LogP contribution in [-0.2, 0) is 19.6 Å². The lowest BCUT2D eigenvalue weighted by Crippen LogP contribution is -2.16. The zero-order chi connectivity index (χ0) is 20.9. The molecule has 0 amide bonds. The van der Waals surface area contributed by atoms with Crippen molar-refractivity contribution in [3.8, 4) is 22.7 Å². The van der Waals surface area contributed by atoms with Crippen molar-refractivity contribution in [1.82, 2.24) is 24.6 Å². The third kappa shape index (κ3) is 4.25. The highest BCUT2D eigenvalue weighted by Gasteiger charge is 2.15. The largest absolute Gasteiger partial charge is 0.497 e. The molecule has 2 heterocycles. The van der Waals surface area contributed by atoms with Gasteiger partial charge in [0, 0.05) is 42.8 Å². The van der Waals surface area contributed by atoms with Crippen LogP contribution < -0.4 is 10.1 Å². The van der Waals surface area contributed by atoms with Gasteiger partial charge in [-0.1, -0.05) is 29.8 Å². The first-order chi connectivity index (χ1) is 14.7. The number of hydrogen-bond donors (Lipinski definition) is 1. The molecular formula is C23H24ClN5O. The lowest BCUT2D eigenvalue weighted by molar-refractivity contribution is 0.414. The fraction of sp³-hybridized carbons (Fsp3) is 0.217. The van der Waals surface area contributed by atoms with E-state index in [1.54, 1.807) is 7.11 Å². The standard InChI is InChI=1S/C23H24ClN5O/c1-3-28-13-12-26-22(28)15-25-14-17-16-29(18-8-10-19(30-2)11-9-18)27-23(17)20-6-4-5-7-21(20)24/h4-13,16,25H,3,14-15H2,1-2H3. The Bertz CT molecular complexity index is 1120. The number of nitrogens with zero attached hydrogens (tertiary/aromatic N) is 4. The summed E-state index contributed by atoms with van der Waals surface area (Å²) < 4.78 is 9.27. The van der Waals surface area contributed by atoms with Gasteiger partial charge < -0.3 is 14.6 Å². The second-order valence-corrected chi connectivity index (χ2v) is 7.27. The molecule has 0 aliphatic rings. The van der Waals surface area contributed by atoms with E-state index in [2.05, 4.69) is 21.8 Å². The number of methoxy groups -OCH3 is 1. The summed E-state index contributed by atoms with van der Waals surface area (Å²) in [5.41, 5.74) is 3.80. The van der Waals surface area contributed by atoms with Gasteiger partial charge in [-0.25, -0.2) is 9.67 Å². The average molecular weight is 422 g/mol. The molecule has 4 aromatic rings. The zero-order valence-corrected chi connectivity index (χ0v) is 17.8. The van der Waals surface area contributed by atoms with Gasteiger partial charge >= 0.3 is 0 Å². The van der Waals surface area contributed by atoms with Gasteiger partial charge in [0.25, 0.3) is 0 Å². The SMILES string of the molecule is CCn1ccnc1CNCc1cn(-c2ccc(OC)cc2)nc1-c1ccccc1Cl. The molecule has 1 N–H and O–H groups in total. The van der Waals surface area contributed by atoms with E-state index in [0.29, 0.717) is 18.1 Å². The van der Waals surface area contributed by atoms with Crippen LogP contribution in [0.5, 0.6) is 5.75 Å². The Morgan fingerprint density at radius 2 is 1.87 bits per heavy atom. The van der Waals surface area contributed by atoms with Crippen molar-refractivity contribution in [3.05, 3.63) is 83.5 Å². The fourth-order valence-corrected chi connectivity index (χ4v) is 3.62. The highest BCUT2D eigenvalue weighted by Crippen LogP contribution is 2.30. The first kappa shape index (κ1) is 20.2. The summed E-state index contributed by atoms with van der Waals surface area (Å²) in [6.45, 7) is 4.33. The Labute approximate surface area is 181 Å². The smallest absolute Gasteiger partial charge is 0.122 e. The van der Waals surface area contributed by atoms with Gasteiger partial charge in [0.15, 0.2) is 0 Å². The summed E-state index contributed by atoms with van der Waals surface area (Å²) in [4.78, 5) is 4.43. The number of aromatic nitrogens is 4. The van der Waals surface area contributed by atoms with Gasteiger partial charge in [0.05, 0.1) is 30.1 Å². The van der Waals surface area contributed by atoms with Crippen LogP contribution in [-0.4, -0.2) is 26.4 Å². The maximum atomic E-state index is 6.48. The molecule has 0 radical (unpaired) electrons. The second-order valence-electron chi connectivity index (χ2n) is 6.86. The summed E-state index contributed by atoms with van der Waals surface area (Å²) in [6, 6.07) is 15.6. The van der Waals surface area contributed by atoms with Crippen LogP contribution in [0.3, 0.4) is 0 Å². The summed E-state index contributed by atoms with van der Waals surface area (Å²) in [6.07, 6.45) is 5.87. The minimum atomic E-state index is 0.646. The van der Waals surface area contributed by atoms with E-state index in [1.165, 1.54) is 0 Å². The quantitative estimate of drug-likeness (QED) is 0.447. The average Bonchev–Trinajstić information content (AvgIpc) is 3.41. The first-order valence-corrected chi connectivity index (χ1v) is 10.3. The van der Waals surface area contributed by atoms with E-state index in [0.717, 1.165) is 40.6 Å². The maximum absolute atomic E-state index is 6.48. The Hall–Kier alpha value is -3.09. The van der Waals surface area contributed by atoms with Crippen molar-refractivity contribution in [2.45, 2.75) is 26.6 Å². The monoisotopic (exact) mass is 421 g/mol. The number of nitrogens with one attached hydrogen (secondary N) is 1. The Kier molecular flexibility index (Phi) is 6.16. The van der Waals surface area contributed by atoms with Crippen molar-refractivity contribution in [1.29, 1.82) is 0 Å².